The molecule has 2 aromatic heterocycles. The van der Waals surface area contributed by atoms with Gasteiger partial charge in [0.15, 0.2) is 11.5 Å². The van der Waals surface area contributed by atoms with Gasteiger partial charge in [-0.3, -0.25) is 5.32 Å². The number of nitrogens with one attached hydrogen (secondary N) is 3. The summed E-state index contributed by atoms with van der Waals surface area (Å²) in [4.78, 5) is 24.7. The number of fused-ring (bicyclic) bond motifs is 1. The fourth-order valence-corrected chi connectivity index (χ4v) is 2.21. The number of urea groups is 1. The zero-order chi connectivity index (χ0) is 17.8. The molecule has 5 N–H and O–H groups in total. The molecule has 2 amide bonds. The number of rotatable bonds is 4. The van der Waals surface area contributed by atoms with Gasteiger partial charge in [-0.15, -0.1) is 0 Å². The van der Waals surface area contributed by atoms with Gasteiger partial charge >= 0.3 is 6.03 Å². The molecule has 0 aliphatic rings. The minimum Gasteiger partial charge on any atom is -0.398 e. The second-order valence-electron chi connectivity index (χ2n) is 5.48. The lowest BCUT2D eigenvalue weighted by atomic mass is 10.2. The number of aromatic nitrogens is 3. The first-order valence-corrected chi connectivity index (χ1v) is 7.87. The molecule has 8 nitrogen and oxygen atoms in total. The Labute approximate surface area is 144 Å². The topological polar surface area (TPSA) is 118 Å². The molecule has 3 rings (SSSR count). The van der Waals surface area contributed by atoms with Gasteiger partial charge < -0.3 is 16.4 Å². The maximum Gasteiger partial charge on any atom is 0.320 e. The van der Waals surface area contributed by atoms with Gasteiger partial charge in [0, 0.05) is 17.9 Å². The maximum atomic E-state index is 11.6. The molecule has 8 heteroatoms. The van der Waals surface area contributed by atoms with Crippen LogP contribution in [-0.2, 0) is 0 Å². The number of nitrogens with zero attached hydrogens (tertiary/aromatic N) is 3. The minimum absolute atomic E-state index is 0.313. The molecule has 0 saturated carbocycles. The third-order valence-electron chi connectivity index (χ3n) is 3.54. The van der Waals surface area contributed by atoms with Crippen LogP contribution in [0.3, 0.4) is 0 Å². The van der Waals surface area contributed by atoms with Crippen LogP contribution in [0.1, 0.15) is 12.5 Å². The smallest absolute Gasteiger partial charge is 0.320 e. The van der Waals surface area contributed by atoms with Crippen molar-refractivity contribution in [2.24, 2.45) is 0 Å². The van der Waals surface area contributed by atoms with E-state index in [2.05, 4.69) is 30.9 Å². The van der Waals surface area contributed by atoms with Gasteiger partial charge in [-0.1, -0.05) is 6.07 Å². The minimum atomic E-state index is -0.313. The quantitative estimate of drug-likeness (QED) is 0.544. The molecule has 128 valence electrons. The van der Waals surface area contributed by atoms with Crippen LogP contribution >= 0.6 is 0 Å². The molecule has 0 aliphatic carbocycles. The summed E-state index contributed by atoms with van der Waals surface area (Å²) in [7, 11) is 0. The van der Waals surface area contributed by atoms with E-state index in [1.807, 2.05) is 32.0 Å². The molecule has 1 aromatic carbocycles. The van der Waals surface area contributed by atoms with Crippen molar-refractivity contribution in [2.75, 3.05) is 22.9 Å². The molecular weight excluding hydrogens is 318 g/mol. The number of carbonyl (C=O) groups excluding carboxylic acids is 1. The third-order valence-corrected chi connectivity index (χ3v) is 3.54. The predicted octanol–water partition coefficient (Wildman–Crippen LogP) is 2.80. The summed E-state index contributed by atoms with van der Waals surface area (Å²) >= 11 is 0. The highest BCUT2D eigenvalue weighted by molar-refractivity contribution is 5.89. The molecule has 0 atom stereocenters. The van der Waals surface area contributed by atoms with Crippen LogP contribution in [-0.4, -0.2) is 27.5 Å². The van der Waals surface area contributed by atoms with E-state index in [9.17, 15) is 4.79 Å². The normalized spacial score (nSPS) is 10.5. The van der Waals surface area contributed by atoms with Gasteiger partial charge in [0.25, 0.3) is 0 Å². The molecule has 0 spiro atoms. The number of nitrogen functional groups attached to an aromatic ring is 1. The Morgan fingerprint density at radius 1 is 1.16 bits per heavy atom. The lowest BCUT2D eigenvalue weighted by Crippen LogP contribution is -2.28. The summed E-state index contributed by atoms with van der Waals surface area (Å²) in [6.07, 6.45) is 1.62. The van der Waals surface area contributed by atoms with E-state index in [1.54, 1.807) is 18.3 Å². The highest BCUT2D eigenvalue weighted by Gasteiger charge is 2.06. The van der Waals surface area contributed by atoms with Crippen LogP contribution in [0, 0.1) is 6.92 Å². The van der Waals surface area contributed by atoms with E-state index in [0.29, 0.717) is 35.0 Å². The summed E-state index contributed by atoms with van der Waals surface area (Å²) < 4.78 is 0. The van der Waals surface area contributed by atoms with E-state index >= 15 is 0 Å². The number of anilines is 4. The fourth-order valence-electron chi connectivity index (χ4n) is 2.21. The Morgan fingerprint density at radius 2 is 1.96 bits per heavy atom. The first-order valence-electron chi connectivity index (χ1n) is 7.87. The van der Waals surface area contributed by atoms with E-state index in [1.165, 1.54) is 0 Å². The highest BCUT2D eigenvalue weighted by atomic mass is 16.2. The molecule has 0 radical (unpaired) electrons. The summed E-state index contributed by atoms with van der Waals surface area (Å²) in [6, 6.07) is 8.80. The number of pyridine rings is 1. The molecule has 0 saturated heterocycles. The molecule has 0 unspecified atom stereocenters. The molecule has 0 aliphatic heterocycles. The second-order valence-corrected chi connectivity index (χ2v) is 5.48. The van der Waals surface area contributed by atoms with Gasteiger partial charge in [-0.25, -0.2) is 19.7 Å². The number of hydrogen-bond acceptors (Lipinski definition) is 6. The Bertz CT molecular complexity index is 926. The van der Waals surface area contributed by atoms with E-state index in [4.69, 9.17) is 5.73 Å². The van der Waals surface area contributed by atoms with Crippen LogP contribution in [0.15, 0.2) is 36.5 Å². The van der Waals surface area contributed by atoms with Crippen molar-refractivity contribution in [3.63, 3.8) is 0 Å². The monoisotopic (exact) mass is 337 g/mol. The number of carbonyl (C=O) groups is 1. The van der Waals surface area contributed by atoms with Gasteiger partial charge in [0.05, 0.1) is 6.20 Å². The Balaban J connectivity index is 1.84. The van der Waals surface area contributed by atoms with Crippen molar-refractivity contribution in [1.29, 1.82) is 0 Å². The maximum absolute atomic E-state index is 11.6. The average molecular weight is 337 g/mol. The second kappa shape index (κ2) is 7.00. The van der Waals surface area contributed by atoms with Crippen LogP contribution < -0.4 is 21.7 Å². The fraction of sp³-hybridized carbons (Fsp3) is 0.176. The van der Waals surface area contributed by atoms with Gasteiger partial charge in [0.1, 0.15) is 11.3 Å². The molecule has 3 aromatic rings. The largest absolute Gasteiger partial charge is 0.398 e. The molecule has 0 fully saturated rings. The number of aryl methyl sites for hydroxylation is 1. The summed E-state index contributed by atoms with van der Waals surface area (Å²) in [5, 5.41) is 8.45. The van der Waals surface area contributed by atoms with Crippen LogP contribution in [0.5, 0.6) is 0 Å². The zero-order valence-electron chi connectivity index (χ0n) is 14.0. The van der Waals surface area contributed by atoms with E-state index in [0.717, 1.165) is 11.3 Å². The van der Waals surface area contributed by atoms with Crippen LogP contribution in [0.2, 0.25) is 0 Å². The van der Waals surface area contributed by atoms with E-state index in [-0.39, 0.29) is 6.03 Å². The molecule has 2 heterocycles. The predicted molar refractivity (Wildman–Crippen MR) is 98.9 cm³/mol. The zero-order valence-corrected chi connectivity index (χ0v) is 14.0. The average Bonchev–Trinajstić information content (AvgIpc) is 2.58. The lowest BCUT2D eigenvalue weighted by Gasteiger charge is -2.09. The van der Waals surface area contributed by atoms with Crippen molar-refractivity contribution in [3.05, 3.63) is 42.1 Å². The SMILES string of the molecule is CCNC(=O)Nc1ccc2ncc(Nc3ccc(C)c(N)c3)nc2n1. The number of hydrogen-bond donors (Lipinski definition) is 4. The first-order chi connectivity index (χ1) is 12.0. The molecular formula is C17H19N7O. The summed E-state index contributed by atoms with van der Waals surface area (Å²) in [5.74, 6) is 0.947. The highest BCUT2D eigenvalue weighted by Crippen LogP contribution is 2.21. The summed E-state index contributed by atoms with van der Waals surface area (Å²) in [6.45, 7) is 4.32. The molecule has 25 heavy (non-hydrogen) atoms. The van der Waals surface area contributed by atoms with Crippen molar-refractivity contribution < 1.29 is 4.79 Å². The number of benzene rings is 1. The lowest BCUT2D eigenvalue weighted by molar-refractivity contribution is 0.252. The first kappa shape index (κ1) is 16.4. The van der Waals surface area contributed by atoms with Gasteiger partial charge in [-0.05, 0) is 43.7 Å². The van der Waals surface area contributed by atoms with Crippen molar-refractivity contribution in [1.82, 2.24) is 20.3 Å². The Hall–Kier alpha value is -3.42. The number of nitrogens with two attached hydrogens (primary N) is 1. The van der Waals surface area contributed by atoms with Gasteiger partial charge in [-0.2, -0.15) is 0 Å². The van der Waals surface area contributed by atoms with Crippen molar-refractivity contribution in [2.45, 2.75) is 13.8 Å². The van der Waals surface area contributed by atoms with Crippen LogP contribution in [0.4, 0.5) is 27.8 Å². The molecule has 0 bridgehead atoms. The Kier molecular flexibility index (Phi) is 4.60. The third kappa shape index (κ3) is 3.92. The van der Waals surface area contributed by atoms with E-state index < -0.39 is 0 Å². The van der Waals surface area contributed by atoms with Crippen molar-refractivity contribution >= 4 is 40.2 Å². The van der Waals surface area contributed by atoms with Crippen LogP contribution in [0.25, 0.3) is 11.2 Å². The Morgan fingerprint density at radius 3 is 2.72 bits per heavy atom. The van der Waals surface area contributed by atoms with Gasteiger partial charge in [0.2, 0.25) is 0 Å². The number of amides is 2. The van der Waals surface area contributed by atoms with Crippen molar-refractivity contribution in [3.8, 4) is 0 Å². The summed E-state index contributed by atoms with van der Waals surface area (Å²) in [5.41, 5.74) is 9.51. The standard InChI is InChI=1S/C17H19N7O/c1-3-19-17(25)24-14-7-6-13-16(22-14)23-15(9-20-13)21-11-5-4-10(2)12(18)8-11/h4-9H,3,18H2,1-2H3,(H3,19,21,22,23,24,25).